The number of benzene rings is 1. The Labute approximate surface area is 214 Å². The van der Waals surface area contributed by atoms with Gasteiger partial charge in [-0.3, -0.25) is 9.59 Å². The van der Waals surface area contributed by atoms with E-state index in [4.69, 9.17) is 29.3 Å². The van der Waals surface area contributed by atoms with Crippen molar-refractivity contribution in [3.05, 3.63) is 45.9 Å². The van der Waals surface area contributed by atoms with Crippen LogP contribution in [0, 0.1) is 6.92 Å². The molecule has 196 valence electrons. The predicted molar refractivity (Wildman–Crippen MR) is 132 cm³/mol. The number of nitrogens with one attached hydrogen (secondary N) is 1. The standard InChI is InChI=1S/C21H23N5O4S.C2H2O4/c1-12-10-18(27)26-20(22-12)31-21(24-26)25-7-3-4-15(25)19(28)23-13(2)14-5-6-16-17(11-14)30-9-8-29-16;3-1(4)2(5)6/h5-6,10-11,13,15H,3-4,7-9H2,1-2H3,(H,23,28);(H,3,4)(H,5,6). The monoisotopic (exact) mass is 531 g/mol. The molecule has 37 heavy (non-hydrogen) atoms. The summed E-state index contributed by atoms with van der Waals surface area (Å²) in [6.45, 7) is 5.51. The van der Waals surface area contributed by atoms with Gasteiger partial charge in [-0.1, -0.05) is 17.4 Å². The van der Waals surface area contributed by atoms with Gasteiger partial charge in [0.25, 0.3) is 5.56 Å². The van der Waals surface area contributed by atoms with Crippen LogP contribution in [0.5, 0.6) is 11.5 Å². The number of aromatic nitrogens is 3. The van der Waals surface area contributed by atoms with E-state index in [0.717, 1.165) is 24.2 Å². The van der Waals surface area contributed by atoms with E-state index in [2.05, 4.69) is 15.4 Å². The first-order valence-corrected chi connectivity index (χ1v) is 12.3. The lowest BCUT2D eigenvalue weighted by Crippen LogP contribution is -2.44. The van der Waals surface area contributed by atoms with Gasteiger partial charge in [0, 0.05) is 18.3 Å². The average Bonchev–Trinajstić information content (AvgIpc) is 3.51. The zero-order valence-electron chi connectivity index (χ0n) is 20.0. The van der Waals surface area contributed by atoms with Gasteiger partial charge in [-0.25, -0.2) is 14.6 Å². The predicted octanol–water partition coefficient (Wildman–Crippen LogP) is 1.23. The number of aliphatic carboxylic acids is 2. The lowest BCUT2D eigenvalue weighted by atomic mass is 10.1. The van der Waals surface area contributed by atoms with Crippen molar-refractivity contribution >= 4 is 39.3 Å². The summed E-state index contributed by atoms with van der Waals surface area (Å²) in [6.07, 6.45) is 1.62. The molecule has 1 saturated heterocycles. The number of hydrogen-bond donors (Lipinski definition) is 3. The van der Waals surface area contributed by atoms with Gasteiger partial charge in [0.1, 0.15) is 19.3 Å². The molecule has 2 aromatic heterocycles. The quantitative estimate of drug-likeness (QED) is 0.413. The highest BCUT2D eigenvalue weighted by Crippen LogP contribution is 2.33. The summed E-state index contributed by atoms with van der Waals surface area (Å²) in [7, 11) is 0. The van der Waals surface area contributed by atoms with Crippen LogP contribution in [0.15, 0.2) is 29.1 Å². The van der Waals surface area contributed by atoms with Gasteiger partial charge in [-0.2, -0.15) is 4.52 Å². The van der Waals surface area contributed by atoms with E-state index in [-0.39, 0.29) is 23.6 Å². The number of amides is 1. The molecule has 2 unspecified atom stereocenters. The number of carboxylic acids is 2. The third kappa shape index (κ3) is 5.80. The van der Waals surface area contributed by atoms with Crippen molar-refractivity contribution in [2.75, 3.05) is 24.7 Å². The summed E-state index contributed by atoms with van der Waals surface area (Å²) >= 11 is 1.33. The fourth-order valence-corrected chi connectivity index (χ4v) is 5.05. The molecule has 0 spiro atoms. The lowest BCUT2D eigenvalue weighted by Gasteiger charge is -2.25. The minimum atomic E-state index is -1.82. The van der Waals surface area contributed by atoms with E-state index >= 15 is 0 Å². The molecule has 2 aliphatic heterocycles. The maximum Gasteiger partial charge on any atom is 0.414 e. The fourth-order valence-electron chi connectivity index (χ4n) is 4.02. The van der Waals surface area contributed by atoms with E-state index < -0.39 is 11.9 Å². The molecule has 1 fully saturated rings. The highest BCUT2D eigenvalue weighted by molar-refractivity contribution is 7.20. The van der Waals surface area contributed by atoms with Crippen molar-refractivity contribution in [1.82, 2.24) is 19.9 Å². The number of nitrogens with zero attached hydrogens (tertiary/aromatic N) is 4. The maximum atomic E-state index is 13.1. The Bertz CT molecular complexity index is 1390. The summed E-state index contributed by atoms with van der Waals surface area (Å²) in [6, 6.07) is 6.67. The van der Waals surface area contributed by atoms with Crippen molar-refractivity contribution in [3.63, 3.8) is 0 Å². The molecule has 3 aromatic rings. The van der Waals surface area contributed by atoms with Crippen molar-refractivity contribution < 1.29 is 34.1 Å². The van der Waals surface area contributed by atoms with Gasteiger partial charge < -0.3 is 29.9 Å². The van der Waals surface area contributed by atoms with Crippen LogP contribution in [0.25, 0.3) is 4.96 Å². The Morgan fingerprint density at radius 2 is 1.84 bits per heavy atom. The highest BCUT2D eigenvalue weighted by Gasteiger charge is 2.34. The molecule has 0 radical (unpaired) electrons. The Balaban J connectivity index is 0.000000480. The van der Waals surface area contributed by atoms with Crippen LogP contribution in [0.1, 0.15) is 37.1 Å². The summed E-state index contributed by atoms with van der Waals surface area (Å²) in [4.78, 5) is 50.4. The number of ether oxygens (including phenoxy) is 2. The first kappa shape index (κ1) is 25.9. The smallest absolute Gasteiger partial charge is 0.414 e. The van der Waals surface area contributed by atoms with Crippen LogP contribution < -0.4 is 25.2 Å². The molecular weight excluding hydrogens is 506 g/mol. The normalized spacial score (nSPS) is 17.0. The molecular formula is C23H25N5O8S. The molecule has 14 heteroatoms. The Morgan fingerprint density at radius 1 is 1.14 bits per heavy atom. The Hall–Kier alpha value is -4.20. The van der Waals surface area contributed by atoms with Gasteiger partial charge in [0.05, 0.1) is 6.04 Å². The molecule has 0 bridgehead atoms. The molecule has 0 aliphatic carbocycles. The second-order valence-electron chi connectivity index (χ2n) is 8.41. The minimum Gasteiger partial charge on any atom is -0.486 e. The summed E-state index contributed by atoms with van der Waals surface area (Å²) in [5.74, 6) is -2.28. The molecule has 13 nitrogen and oxygen atoms in total. The SMILES string of the molecule is Cc1cc(=O)n2nc(N3CCCC3C(=O)NC(C)c3ccc4c(c3)OCCO4)sc2n1.O=C(O)C(=O)O. The number of anilines is 1. The summed E-state index contributed by atoms with van der Waals surface area (Å²) in [5, 5.41) is 23.0. The third-order valence-corrected chi connectivity index (χ3v) is 6.72. The molecule has 5 rings (SSSR count). The summed E-state index contributed by atoms with van der Waals surface area (Å²) in [5.41, 5.74) is 1.40. The first-order chi connectivity index (χ1) is 17.6. The lowest BCUT2D eigenvalue weighted by molar-refractivity contribution is -0.159. The van der Waals surface area contributed by atoms with Crippen molar-refractivity contribution in [2.45, 2.75) is 38.8 Å². The van der Waals surface area contributed by atoms with Crippen LogP contribution in [0.2, 0.25) is 0 Å². The zero-order chi connectivity index (χ0) is 26.7. The number of aryl methyl sites for hydroxylation is 1. The van der Waals surface area contributed by atoms with Gasteiger partial charge in [0.15, 0.2) is 11.5 Å². The maximum absolute atomic E-state index is 13.1. The van der Waals surface area contributed by atoms with Crippen LogP contribution in [-0.2, 0) is 14.4 Å². The fraction of sp³-hybridized carbons (Fsp3) is 0.391. The van der Waals surface area contributed by atoms with E-state index in [1.807, 2.05) is 30.0 Å². The molecule has 2 atom stereocenters. The highest BCUT2D eigenvalue weighted by atomic mass is 32.1. The minimum absolute atomic E-state index is 0.0596. The van der Waals surface area contributed by atoms with Gasteiger partial charge in [0.2, 0.25) is 16.0 Å². The van der Waals surface area contributed by atoms with Gasteiger partial charge in [-0.05, 0) is 44.4 Å². The third-order valence-electron chi connectivity index (χ3n) is 5.77. The van der Waals surface area contributed by atoms with Crippen LogP contribution in [-0.4, -0.2) is 68.5 Å². The molecule has 1 aromatic carbocycles. The van der Waals surface area contributed by atoms with Gasteiger partial charge >= 0.3 is 11.9 Å². The first-order valence-electron chi connectivity index (χ1n) is 11.4. The van der Waals surface area contributed by atoms with Crippen LogP contribution in [0.4, 0.5) is 5.13 Å². The van der Waals surface area contributed by atoms with E-state index in [1.54, 1.807) is 6.92 Å². The number of carbonyl (C=O) groups is 3. The van der Waals surface area contributed by atoms with Gasteiger partial charge in [-0.15, -0.1) is 5.10 Å². The Morgan fingerprint density at radius 3 is 2.54 bits per heavy atom. The van der Waals surface area contributed by atoms with Crippen LogP contribution >= 0.6 is 11.3 Å². The van der Waals surface area contributed by atoms with E-state index in [0.29, 0.717) is 41.3 Å². The number of rotatable bonds is 4. The molecule has 1 amide bonds. The number of carbonyl (C=O) groups excluding carboxylic acids is 1. The number of hydrogen-bond acceptors (Lipinski definition) is 10. The van der Waals surface area contributed by atoms with Crippen molar-refractivity contribution in [1.29, 1.82) is 0 Å². The number of carboxylic acid groups (broad SMARTS) is 2. The Kier molecular flexibility index (Phi) is 7.57. The number of fused-ring (bicyclic) bond motifs is 2. The molecule has 2 aliphatic rings. The molecule has 4 heterocycles. The molecule has 0 saturated carbocycles. The largest absolute Gasteiger partial charge is 0.486 e. The molecule has 3 N–H and O–H groups in total. The van der Waals surface area contributed by atoms with E-state index in [1.165, 1.54) is 21.9 Å². The van der Waals surface area contributed by atoms with Crippen LogP contribution in [0.3, 0.4) is 0 Å². The zero-order valence-corrected chi connectivity index (χ0v) is 20.9. The summed E-state index contributed by atoms with van der Waals surface area (Å²) < 4.78 is 12.5. The van der Waals surface area contributed by atoms with Crippen molar-refractivity contribution in [3.8, 4) is 11.5 Å². The second kappa shape index (κ2) is 10.8. The van der Waals surface area contributed by atoms with Crippen molar-refractivity contribution in [2.24, 2.45) is 0 Å². The van der Waals surface area contributed by atoms with E-state index in [9.17, 15) is 9.59 Å². The topological polar surface area (TPSA) is 173 Å². The second-order valence-corrected chi connectivity index (χ2v) is 9.34. The average molecular weight is 532 g/mol.